The van der Waals surface area contributed by atoms with Crippen LogP contribution in [0, 0.1) is 13.8 Å². The van der Waals surface area contributed by atoms with Crippen molar-refractivity contribution in [2.24, 2.45) is 0 Å². The van der Waals surface area contributed by atoms with Gasteiger partial charge in [0.15, 0.2) is 5.82 Å². The summed E-state index contributed by atoms with van der Waals surface area (Å²) in [7, 11) is 0. The Kier molecular flexibility index (Phi) is 3.75. The first kappa shape index (κ1) is 13.8. The number of nitrogens with zero attached hydrogens (tertiary/aromatic N) is 2. The maximum absolute atomic E-state index is 9.80. The molecule has 2 rings (SSSR count). The lowest BCUT2D eigenvalue weighted by molar-refractivity contribution is 0.467. The maximum Gasteiger partial charge on any atom is 0.161 e. The third-order valence-corrected chi connectivity index (χ3v) is 3.89. The molecule has 0 aliphatic rings. The number of hydrogen-bond donors (Lipinski definition) is 2. The molecule has 2 aromatic rings. The van der Waals surface area contributed by atoms with Crippen molar-refractivity contribution in [2.45, 2.75) is 27.2 Å². The summed E-state index contributed by atoms with van der Waals surface area (Å²) in [6, 6.07) is 3.73. The van der Waals surface area contributed by atoms with Gasteiger partial charge in [-0.1, -0.05) is 6.92 Å². The molecule has 100 valence electrons. The zero-order chi connectivity index (χ0) is 14.2. The van der Waals surface area contributed by atoms with E-state index < -0.39 is 0 Å². The van der Waals surface area contributed by atoms with Gasteiger partial charge in [0.1, 0.15) is 11.6 Å². The molecule has 1 heterocycles. The maximum atomic E-state index is 9.80. The monoisotopic (exact) mass is 321 g/mol. The summed E-state index contributed by atoms with van der Waals surface area (Å²) in [5.41, 5.74) is 9.24. The molecule has 0 atom stereocenters. The second-order valence-electron chi connectivity index (χ2n) is 4.51. The summed E-state index contributed by atoms with van der Waals surface area (Å²) in [4.78, 5) is 8.82. The lowest BCUT2D eigenvalue weighted by atomic mass is 10.1. The SMILES string of the molecule is CCc1nc(-c2cc(C)c(O)c(C)c2)nc(N)c1Br. The van der Waals surface area contributed by atoms with E-state index in [-0.39, 0.29) is 0 Å². The number of aromatic nitrogens is 2. The molecule has 0 aliphatic heterocycles. The molecule has 1 aromatic carbocycles. The van der Waals surface area contributed by atoms with Crippen LogP contribution >= 0.6 is 15.9 Å². The highest BCUT2D eigenvalue weighted by Gasteiger charge is 2.12. The van der Waals surface area contributed by atoms with Gasteiger partial charge in [-0.05, 0) is 59.5 Å². The standard InChI is InChI=1S/C14H16BrN3O/c1-4-10-11(15)13(16)18-14(17-10)9-5-7(2)12(19)8(3)6-9/h5-6,19H,4H2,1-3H3,(H2,16,17,18). The topological polar surface area (TPSA) is 72.0 Å². The molecule has 0 saturated carbocycles. The number of anilines is 1. The van der Waals surface area contributed by atoms with Crippen molar-refractivity contribution in [1.29, 1.82) is 0 Å². The van der Waals surface area contributed by atoms with Crippen LogP contribution in [0.1, 0.15) is 23.7 Å². The first-order valence-electron chi connectivity index (χ1n) is 6.06. The Morgan fingerprint density at radius 3 is 2.32 bits per heavy atom. The number of phenolic OH excluding ortho intramolecular Hbond substituents is 1. The van der Waals surface area contributed by atoms with Crippen molar-refractivity contribution in [1.82, 2.24) is 9.97 Å². The lowest BCUT2D eigenvalue weighted by Gasteiger charge is -2.10. The van der Waals surface area contributed by atoms with Crippen LogP contribution in [-0.4, -0.2) is 15.1 Å². The predicted octanol–water partition coefficient (Wildman–Crippen LogP) is 3.37. The van der Waals surface area contributed by atoms with Crippen LogP contribution in [0.5, 0.6) is 5.75 Å². The summed E-state index contributed by atoms with van der Waals surface area (Å²) in [5, 5.41) is 9.80. The Balaban J connectivity index is 2.62. The minimum atomic E-state index is 0.310. The van der Waals surface area contributed by atoms with Gasteiger partial charge in [-0.2, -0.15) is 0 Å². The van der Waals surface area contributed by atoms with Crippen molar-refractivity contribution in [3.63, 3.8) is 0 Å². The number of hydrogen-bond acceptors (Lipinski definition) is 4. The summed E-state index contributed by atoms with van der Waals surface area (Å²) >= 11 is 3.40. The molecule has 1 aromatic heterocycles. The van der Waals surface area contributed by atoms with Crippen LogP contribution in [0.2, 0.25) is 0 Å². The second kappa shape index (κ2) is 5.17. The van der Waals surface area contributed by atoms with E-state index in [1.165, 1.54) is 0 Å². The number of phenols is 1. The largest absolute Gasteiger partial charge is 0.507 e. The van der Waals surface area contributed by atoms with Crippen molar-refractivity contribution in [3.8, 4) is 17.1 Å². The smallest absolute Gasteiger partial charge is 0.161 e. The average Bonchev–Trinajstić information content (AvgIpc) is 2.38. The number of rotatable bonds is 2. The molecule has 0 radical (unpaired) electrons. The zero-order valence-corrected chi connectivity index (χ0v) is 12.7. The molecule has 0 spiro atoms. The molecule has 0 fully saturated rings. The van der Waals surface area contributed by atoms with Gasteiger partial charge in [0.25, 0.3) is 0 Å². The first-order chi connectivity index (χ1) is 8.93. The normalized spacial score (nSPS) is 10.7. The van der Waals surface area contributed by atoms with E-state index in [2.05, 4.69) is 25.9 Å². The molecule has 5 heteroatoms. The average molecular weight is 322 g/mol. The van der Waals surface area contributed by atoms with Gasteiger partial charge in [-0.15, -0.1) is 0 Å². The van der Waals surface area contributed by atoms with Gasteiger partial charge in [0, 0.05) is 5.56 Å². The van der Waals surface area contributed by atoms with Crippen LogP contribution in [0.25, 0.3) is 11.4 Å². The molecule has 0 unspecified atom stereocenters. The molecular formula is C14H16BrN3O. The number of aromatic hydroxyl groups is 1. The van der Waals surface area contributed by atoms with E-state index >= 15 is 0 Å². The van der Waals surface area contributed by atoms with E-state index in [0.29, 0.717) is 17.4 Å². The fourth-order valence-electron chi connectivity index (χ4n) is 1.96. The van der Waals surface area contributed by atoms with E-state index in [1.807, 2.05) is 32.9 Å². The summed E-state index contributed by atoms with van der Waals surface area (Å²) < 4.78 is 0.756. The van der Waals surface area contributed by atoms with Gasteiger partial charge in [0.05, 0.1) is 10.2 Å². The minimum absolute atomic E-state index is 0.310. The summed E-state index contributed by atoms with van der Waals surface area (Å²) in [6.07, 6.45) is 0.774. The second-order valence-corrected chi connectivity index (χ2v) is 5.30. The number of nitrogen functional groups attached to an aromatic ring is 1. The highest BCUT2D eigenvalue weighted by Crippen LogP contribution is 2.30. The molecular weight excluding hydrogens is 306 g/mol. The molecule has 19 heavy (non-hydrogen) atoms. The summed E-state index contributed by atoms with van der Waals surface area (Å²) in [5.74, 6) is 1.33. The van der Waals surface area contributed by atoms with E-state index in [4.69, 9.17) is 5.73 Å². The molecule has 0 bridgehead atoms. The Labute approximate surface area is 120 Å². The Bertz CT molecular complexity index is 618. The fraction of sp³-hybridized carbons (Fsp3) is 0.286. The third-order valence-electron chi connectivity index (χ3n) is 3.03. The van der Waals surface area contributed by atoms with Gasteiger partial charge in [-0.3, -0.25) is 0 Å². The predicted molar refractivity (Wildman–Crippen MR) is 80.1 cm³/mol. The lowest BCUT2D eigenvalue weighted by Crippen LogP contribution is -2.02. The minimum Gasteiger partial charge on any atom is -0.507 e. The van der Waals surface area contributed by atoms with Gasteiger partial charge in [-0.25, -0.2) is 9.97 Å². The first-order valence-corrected chi connectivity index (χ1v) is 6.85. The van der Waals surface area contributed by atoms with Crippen LogP contribution in [0.15, 0.2) is 16.6 Å². The highest BCUT2D eigenvalue weighted by atomic mass is 79.9. The molecule has 4 nitrogen and oxygen atoms in total. The van der Waals surface area contributed by atoms with Crippen molar-refractivity contribution in [2.75, 3.05) is 5.73 Å². The Morgan fingerprint density at radius 1 is 1.21 bits per heavy atom. The number of nitrogens with two attached hydrogens (primary N) is 1. The van der Waals surface area contributed by atoms with Crippen LogP contribution < -0.4 is 5.73 Å². The summed E-state index contributed by atoms with van der Waals surface area (Å²) in [6.45, 7) is 5.73. The molecule has 3 N–H and O–H groups in total. The van der Waals surface area contributed by atoms with Crippen molar-refractivity contribution < 1.29 is 5.11 Å². The van der Waals surface area contributed by atoms with E-state index in [9.17, 15) is 5.11 Å². The molecule has 0 amide bonds. The quantitative estimate of drug-likeness (QED) is 0.889. The van der Waals surface area contributed by atoms with Crippen molar-refractivity contribution in [3.05, 3.63) is 33.4 Å². The fourth-order valence-corrected chi connectivity index (χ4v) is 2.42. The molecule has 0 aliphatic carbocycles. The van der Waals surface area contributed by atoms with Crippen molar-refractivity contribution >= 4 is 21.7 Å². The van der Waals surface area contributed by atoms with E-state index in [1.54, 1.807) is 0 Å². The number of halogens is 1. The van der Waals surface area contributed by atoms with Gasteiger partial charge < -0.3 is 10.8 Å². The van der Waals surface area contributed by atoms with Gasteiger partial charge >= 0.3 is 0 Å². The Hall–Kier alpha value is -1.62. The third kappa shape index (κ3) is 2.56. The highest BCUT2D eigenvalue weighted by molar-refractivity contribution is 9.10. The van der Waals surface area contributed by atoms with Gasteiger partial charge in [0.2, 0.25) is 0 Å². The van der Waals surface area contributed by atoms with Crippen LogP contribution in [0.3, 0.4) is 0 Å². The van der Waals surface area contributed by atoms with Crippen LogP contribution in [-0.2, 0) is 6.42 Å². The van der Waals surface area contributed by atoms with E-state index in [0.717, 1.165) is 33.3 Å². The molecule has 0 saturated heterocycles. The zero-order valence-electron chi connectivity index (χ0n) is 11.2. The number of benzene rings is 1. The van der Waals surface area contributed by atoms with Crippen LogP contribution in [0.4, 0.5) is 5.82 Å². The number of aryl methyl sites for hydroxylation is 3. The Morgan fingerprint density at radius 2 is 1.79 bits per heavy atom.